The van der Waals surface area contributed by atoms with E-state index in [4.69, 9.17) is 23.9 Å². The molecular formula is C48H60N4O11S. The van der Waals surface area contributed by atoms with E-state index in [0.29, 0.717) is 61.7 Å². The fraction of sp³-hybridized carbons (Fsp3) is 0.625. The average Bonchev–Trinajstić information content (AvgIpc) is 3.94. The average molecular weight is 901 g/mol. The normalized spacial score (nSPS) is 30.7. The van der Waals surface area contributed by atoms with Gasteiger partial charge in [-0.2, -0.15) is 0 Å². The van der Waals surface area contributed by atoms with E-state index >= 15 is 4.79 Å². The zero-order valence-electron chi connectivity index (χ0n) is 36.5. The van der Waals surface area contributed by atoms with Crippen molar-refractivity contribution in [3.8, 4) is 11.6 Å². The number of ether oxygens (including phenoxy) is 4. The first kappa shape index (κ1) is 44.2. The molecule has 344 valence electrons. The van der Waals surface area contributed by atoms with Crippen LogP contribution in [0.25, 0.3) is 10.9 Å². The Morgan fingerprint density at radius 1 is 0.984 bits per heavy atom. The van der Waals surface area contributed by atoms with Crippen LogP contribution in [0.2, 0.25) is 0 Å². The number of benzene rings is 1. The molecule has 4 saturated carbocycles. The summed E-state index contributed by atoms with van der Waals surface area (Å²) in [4.78, 5) is 78.1. The van der Waals surface area contributed by atoms with Crippen molar-refractivity contribution in [3.05, 3.63) is 54.6 Å². The zero-order valence-corrected chi connectivity index (χ0v) is 37.3. The van der Waals surface area contributed by atoms with Gasteiger partial charge in [-0.3, -0.25) is 23.9 Å². The van der Waals surface area contributed by atoms with Crippen LogP contribution in [-0.2, 0) is 45.1 Å². The number of fused-ring (bicyclic) bond motifs is 5. The van der Waals surface area contributed by atoms with Gasteiger partial charge in [-0.05, 0) is 101 Å². The number of hydrogen-bond acceptors (Lipinski definition) is 12. The molecule has 16 heteroatoms. The number of cyclic esters (lactones) is 1. The zero-order chi connectivity index (χ0) is 44.6. The Kier molecular flexibility index (Phi) is 12.8. The topological polar surface area (TPSA) is 188 Å². The lowest BCUT2D eigenvalue weighted by atomic mass is 9.86. The molecule has 4 heterocycles. The predicted octanol–water partition coefficient (Wildman–Crippen LogP) is 5.97. The number of hydrogen-bond donors (Lipinski definition) is 1. The van der Waals surface area contributed by atoms with E-state index in [1.165, 1.54) is 0 Å². The van der Waals surface area contributed by atoms with E-state index < -0.39 is 56.5 Å². The molecule has 0 spiro atoms. The van der Waals surface area contributed by atoms with Crippen LogP contribution in [0.5, 0.6) is 11.6 Å². The van der Waals surface area contributed by atoms with Crippen LogP contribution in [0, 0.1) is 29.1 Å². The predicted molar refractivity (Wildman–Crippen MR) is 235 cm³/mol. The molecule has 2 saturated heterocycles. The number of carbonyl (C=O) groups excluding carboxylic acids is 5. The number of ketones is 1. The summed E-state index contributed by atoms with van der Waals surface area (Å²) in [7, 11) is -3.89. The minimum Gasteiger partial charge on any atom is -0.491 e. The van der Waals surface area contributed by atoms with E-state index in [1.807, 2.05) is 24.3 Å². The largest absolute Gasteiger partial charge is 0.491 e. The standard InChI is InChI=1S/C48H60N4O11S/c1-2-32-27-48(32,46(56)50-64(58,59)34-19-20-34)28-40(53)39-25-33-29-52(39)45(55)37(30-11-6-7-12-30)26-42(54)63-41-18-10-14-31(41)13-4-3-5-16-36-43(60-23-21-51-22-24-61-47(51)57)35-15-8-9-17-38(35)49-44(36)62-33/h2-3,5,8-9,15,17,30-34,37,39,41H,1,4,6-7,10-14,16,18-29H2,(H,50,56)/b5-3+/t31-,32-,33-,37+,39+,41-,48-/m1/s1. The van der Waals surface area contributed by atoms with Gasteiger partial charge in [0.25, 0.3) is 0 Å². The molecule has 0 radical (unpaired) electrons. The quantitative estimate of drug-likeness (QED) is 0.194. The molecular weight excluding hydrogens is 841 g/mol. The number of rotatable bonds is 12. The first-order valence-corrected chi connectivity index (χ1v) is 25.0. The lowest BCUT2D eigenvalue weighted by molar-refractivity contribution is -0.156. The maximum absolute atomic E-state index is 15.2. The summed E-state index contributed by atoms with van der Waals surface area (Å²) in [6, 6.07) is 6.56. The molecule has 3 aliphatic heterocycles. The van der Waals surface area contributed by atoms with Crippen molar-refractivity contribution in [2.75, 3.05) is 32.8 Å². The van der Waals surface area contributed by atoms with Gasteiger partial charge in [0.05, 0.1) is 59.8 Å². The van der Waals surface area contributed by atoms with Crippen molar-refractivity contribution < 1.29 is 51.3 Å². The number of nitrogens with one attached hydrogen (secondary N) is 1. The number of amides is 3. The van der Waals surface area contributed by atoms with Crippen molar-refractivity contribution in [3.63, 3.8) is 0 Å². The summed E-state index contributed by atoms with van der Waals surface area (Å²) < 4.78 is 52.9. The smallest absolute Gasteiger partial charge is 0.410 e. The van der Waals surface area contributed by atoms with Crippen LogP contribution in [0.1, 0.15) is 102 Å². The van der Waals surface area contributed by atoms with Gasteiger partial charge in [0.2, 0.25) is 27.7 Å². The number of allylic oxidation sites excluding steroid dienone is 3. The molecule has 6 fully saturated rings. The third-order valence-electron chi connectivity index (χ3n) is 14.8. The molecule has 2 bridgehead atoms. The van der Waals surface area contributed by atoms with Gasteiger partial charge in [0.1, 0.15) is 31.2 Å². The minimum atomic E-state index is -3.89. The summed E-state index contributed by atoms with van der Waals surface area (Å²) in [6.07, 6.45) is 13.5. The second-order valence-corrected chi connectivity index (χ2v) is 21.0. The number of esters is 1. The number of sulfonamides is 1. The molecule has 15 nitrogen and oxygen atoms in total. The van der Waals surface area contributed by atoms with E-state index in [0.717, 1.165) is 63.2 Å². The van der Waals surface area contributed by atoms with Gasteiger partial charge in [-0.15, -0.1) is 6.58 Å². The number of pyridine rings is 1. The van der Waals surface area contributed by atoms with Crippen LogP contribution >= 0.6 is 0 Å². The second kappa shape index (κ2) is 18.5. The van der Waals surface area contributed by atoms with E-state index in [1.54, 1.807) is 15.9 Å². The number of Topliss-reactive ketones (excluding diaryl/α,β-unsaturated/α-hetero) is 1. The minimum absolute atomic E-state index is 0.0232. The molecule has 3 amide bonds. The van der Waals surface area contributed by atoms with E-state index in [2.05, 4.69) is 23.5 Å². The lowest BCUT2D eigenvalue weighted by Gasteiger charge is -2.31. The number of aromatic nitrogens is 1. The van der Waals surface area contributed by atoms with Gasteiger partial charge in [-0.25, -0.2) is 18.2 Å². The van der Waals surface area contributed by atoms with Crippen molar-refractivity contribution in [1.82, 2.24) is 19.5 Å². The number of para-hydroxylation sites is 1. The van der Waals surface area contributed by atoms with Crippen molar-refractivity contribution in [2.24, 2.45) is 29.1 Å². The van der Waals surface area contributed by atoms with Crippen molar-refractivity contribution in [2.45, 2.75) is 126 Å². The third kappa shape index (κ3) is 9.26. The van der Waals surface area contributed by atoms with Crippen LogP contribution in [-0.4, -0.2) is 109 Å². The lowest BCUT2D eigenvalue weighted by Crippen LogP contribution is -2.47. The van der Waals surface area contributed by atoms with Crippen molar-refractivity contribution >= 4 is 50.6 Å². The highest BCUT2D eigenvalue weighted by Gasteiger charge is 2.61. The molecule has 1 aromatic carbocycles. The Labute approximate surface area is 374 Å². The molecule has 1 aromatic heterocycles. The molecule has 9 rings (SSSR count). The van der Waals surface area contributed by atoms with Gasteiger partial charge in [0.15, 0.2) is 5.78 Å². The number of nitrogens with zero attached hydrogens (tertiary/aromatic N) is 3. The highest BCUT2D eigenvalue weighted by atomic mass is 32.2. The molecule has 4 aliphatic carbocycles. The monoisotopic (exact) mass is 900 g/mol. The van der Waals surface area contributed by atoms with Crippen LogP contribution in [0.15, 0.2) is 49.1 Å². The molecule has 0 unspecified atom stereocenters. The number of carbonyl (C=O) groups is 5. The SMILES string of the molecule is C=C[C@@H]1C[C@]1(CC(=O)[C@@H]1C[C@@H]2CN1C(=O)[C@H](C1CCCC1)CC(=O)O[C@@H]1CCC[C@H]1CC/C=C/Cc1c(nc3ccccc3c1OCCN1CCOC1=O)O2)C(=O)NS(=O)(=O)C1CC1. The van der Waals surface area contributed by atoms with Crippen LogP contribution in [0.3, 0.4) is 0 Å². The highest BCUT2D eigenvalue weighted by molar-refractivity contribution is 7.90. The molecule has 1 N–H and O–H groups in total. The first-order valence-electron chi connectivity index (χ1n) is 23.4. The molecule has 64 heavy (non-hydrogen) atoms. The molecule has 7 aliphatic rings. The van der Waals surface area contributed by atoms with Crippen LogP contribution in [0.4, 0.5) is 4.79 Å². The van der Waals surface area contributed by atoms with E-state index in [-0.39, 0.29) is 74.6 Å². The van der Waals surface area contributed by atoms with Crippen molar-refractivity contribution in [1.29, 1.82) is 0 Å². The summed E-state index contributed by atoms with van der Waals surface area (Å²) in [5.41, 5.74) is -0.0135. The highest BCUT2D eigenvalue weighted by Crippen LogP contribution is 2.57. The Morgan fingerprint density at radius 3 is 2.53 bits per heavy atom. The summed E-state index contributed by atoms with van der Waals surface area (Å²) in [5.74, 6) is -1.96. The van der Waals surface area contributed by atoms with Gasteiger partial charge >= 0.3 is 12.1 Å². The Morgan fingerprint density at radius 2 is 1.78 bits per heavy atom. The van der Waals surface area contributed by atoms with Gasteiger partial charge in [0, 0.05) is 18.2 Å². The van der Waals surface area contributed by atoms with E-state index in [9.17, 15) is 27.6 Å². The summed E-state index contributed by atoms with van der Waals surface area (Å²) in [6.45, 7) is 5.21. The fourth-order valence-electron chi connectivity index (χ4n) is 11.0. The van der Waals surface area contributed by atoms with Gasteiger partial charge in [-0.1, -0.05) is 43.2 Å². The summed E-state index contributed by atoms with van der Waals surface area (Å²) >= 11 is 0. The second-order valence-electron chi connectivity index (χ2n) is 19.0. The first-order chi connectivity index (χ1) is 30.9. The third-order valence-corrected chi connectivity index (χ3v) is 16.7. The Bertz CT molecular complexity index is 2310. The maximum Gasteiger partial charge on any atom is 0.410 e. The maximum atomic E-state index is 15.2. The Hall–Kier alpha value is -4.99. The Balaban J connectivity index is 1.07. The van der Waals surface area contributed by atoms with Crippen LogP contribution < -0.4 is 14.2 Å². The summed E-state index contributed by atoms with van der Waals surface area (Å²) in [5, 5.41) is 0.145. The fourth-order valence-corrected chi connectivity index (χ4v) is 12.4. The van der Waals surface area contributed by atoms with Gasteiger partial charge < -0.3 is 28.7 Å². The molecule has 7 atom stereocenters. The molecule has 2 aromatic rings.